The van der Waals surface area contributed by atoms with E-state index < -0.39 is 0 Å². The van der Waals surface area contributed by atoms with Crippen molar-refractivity contribution in [3.63, 3.8) is 0 Å². The second-order valence-electron chi connectivity index (χ2n) is 8.83. The zero-order chi connectivity index (χ0) is 18.2. The van der Waals surface area contributed by atoms with Crippen molar-refractivity contribution in [3.05, 3.63) is 0 Å². The van der Waals surface area contributed by atoms with Crippen LogP contribution in [0.2, 0.25) is 0 Å². The Labute approximate surface area is 161 Å². The molecule has 4 nitrogen and oxygen atoms in total. The van der Waals surface area contributed by atoms with Crippen LogP contribution in [0.4, 0.5) is 0 Å². The lowest BCUT2D eigenvalue weighted by Crippen LogP contribution is -2.48. The third-order valence-corrected chi connectivity index (χ3v) is 7.18. The smallest absolute Gasteiger partial charge is 0.222 e. The fraction of sp³-hybridized carbons (Fsp3) is 0.955. The number of hydrogen-bond donors (Lipinski definition) is 0. The van der Waals surface area contributed by atoms with Crippen molar-refractivity contribution in [2.45, 2.75) is 83.6 Å². The summed E-state index contributed by atoms with van der Waals surface area (Å²) >= 11 is 0. The van der Waals surface area contributed by atoms with Crippen LogP contribution in [0.3, 0.4) is 0 Å². The number of piperazine rings is 1. The highest BCUT2D eigenvalue weighted by Crippen LogP contribution is 2.28. The lowest BCUT2D eigenvalue weighted by atomic mass is 9.89. The summed E-state index contributed by atoms with van der Waals surface area (Å²) < 4.78 is 0. The number of hydrogen-bond acceptors (Lipinski definition) is 3. The molecule has 0 radical (unpaired) electrons. The van der Waals surface area contributed by atoms with Crippen LogP contribution in [0.15, 0.2) is 0 Å². The summed E-state index contributed by atoms with van der Waals surface area (Å²) in [6, 6.07) is 0.854. The van der Waals surface area contributed by atoms with Crippen LogP contribution in [0.5, 0.6) is 0 Å². The summed E-state index contributed by atoms with van der Waals surface area (Å²) in [5.41, 5.74) is 0. The molecule has 150 valence electrons. The Kier molecular flexibility index (Phi) is 8.25. The number of amides is 1. The van der Waals surface area contributed by atoms with E-state index in [1.807, 2.05) is 0 Å². The van der Waals surface area contributed by atoms with Gasteiger partial charge in [0.1, 0.15) is 0 Å². The lowest BCUT2D eigenvalue weighted by Gasteiger charge is -2.39. The Morgan fingerprint density at radius 2 is 1.42 bits per heavy atom. The molecule has 0 atom stereocenters. The summed E-state index contributed by atoms with van der Waals surface area (Å²) in [7, 11) is 0. The third-order valence-electron chi connectivity index (χ3n) is 7.18. The maximum absolute atomic E-state index is 12.5. The number of carbonyl (C=O) groups excluding carboxylic acids is 1. The normalized spacial score (nSPS) is 25.8. The van der Waals surface area contributed by atoms with Gasteiger partial charge in [0, 0.05) is 38.6 Å². The van der Waals surface area contributed by atoms with Gasteiger partial charge in [0.25, 0.3) is 0 Å². The van der Waals surface area contributed by atoms with E-state index in [2.05, 4.69) is 21.6 Å². The van der Waals surface area contributed by atoms with Gasteiger partial charge in [0.05, 0.1) is 0 Å². The van der Waals surface area contributed by atoms with Crippen LogP contribution in [0.1, 0.15) is 77.6 Å². The van der Waals surface area contributed by atoms with Gasteiger partial charge in [0.2, 0.25) is 5.91 Å². The predicted octanol–water partition coefficient (Wildman–Crippen LogP) is 3.76. The fourth-order valence-electron chi connectivity index (χ4n) is 5.21. The quantitative estimate of drug-likeness (QED) is 0.744. The molecule has 2 aliphatic heterocycles. The zero-order valence-electron chi connectivity index (χ0n) is 17.1. The Balaban J connectivity index is 1.33. The molecule has 0 spiro atoms. The molecule has 0 N–H and O–H groups in total. The topological polar surface area (TPSA) is 26.8 Å². The molecular formula is C22H41N3O. The van der Waals surface area contributed by atoms with Gasteiger partial charge >= 0.3 is 0 Å². The first-order valence-corrected chi connectivity index (χ1v) is 11.5. The number of nitrogens with zero attached hydrogens (tertiary/aromatic N) is 3. The largest absolute Gasteiger partial charge is 0.340 e. The van der Waals surface area contributed by atoms with E-state index >= 15 is 0 Å². The van der Waals surface area contributed by atoms with E-state index in [0.717, 1.165) is 57.5 Å². The van der Waals surface area contributed by atoms with Gasteiger partial charge < -0.3 is 14.7 Å². The average molecular weight is 364 g/mol. The minimum absolute atomic E-state index is 0.406. The zero-order valence-corrected chi connectivity index (χ0v) is 17.1. The molecule has 1 saturated carbocycles. The van der Waals surface area contributed by atoms with Crippen LogP contribution < -0.4 is 0 Å². The molecule has 2 saturated heterocycles. The highest BCUT2D eigenvalue weighted by Gasteiger charge is 2.26. The number of rotatable bonds is 5. The van der Waals surface area contributed by atoms with Crippen LogP contribution in [0, 0.1) is 5.92 Å². The monoisotopic (exact) mass is 363 g/mol. The maximum Gasteiger partial charge on any atom is 0.222 e. The molecule has 26 heavy (non-hydrogen) atoms. The predicted molar refractivity (Wildman–Crippen MR) is 108 cm³/mol. The highest BCUT2D eigenvalue weighted by molar-refractivity contribution is 5.76. The first kappa shape index (κ1) is 20.1. The molecule has 0 aromatic rings. The molecule has 1 amide bonds. The molecule has 0 bridgehead atoms. The summed E-state index contributed by atoms with van der Waals surface area (Å²) in [6.07, 6.45) is 14.6. The van der Waals surface area contributed by atoms with E-state index in [1.165, 1.54) is 70.9 Å². The molecule has 3 rings (SSSR count). The Bertz CT molecular complexity index is 404. The molecule has 0 aromatic carbocycles. The Morgan fingerprint density at radius 3 is 2.04 bits per heavy atom. The third kappa shape index (κ3) is 5.95. The van der Waals surface area contributed by atoms with Gasteiger partial charge in [0.15, 0.2) is 0 Å². The van der Waals surface area contributed by atoms with Gasteiger partial charge in [-0.3, -0.25) is 4.79 Å². The number of likely N-dealkylation sites (N-methyl/N-ethyl adjacent to an activating group) is 1. The Morgan fingerprint density at radius 1 is 0.808 bits per heavy atom. The SMILES string of the molecule is CCN1CCN(C(=O)CCC2CCN(C3CCCCCCC3)CC2)CC1. The minimum atomic E-state index is 0.406. The standard InChI is InChI=1S/C22H41N3O/c1-2-23-16-18-25(19-17-23)22(26)11-10-20-12-14-24(15-13-20)21-8-6-4-3-5-7-9-21/h20-21H,2-19H2,1H3. The van der Waals surface area contributed by atoms with Crippen molar-refractivity contribution >= 4 is 5.91 Å². The summed E-state index contributed by atoms with van der Waals surface area (Å²) in [5, 5.41) is 0. The van der Waals surface area contributed by atoms with Crippen LogP contribution in [-0.4, -0.2) is 72.5 Å². The van der Waals surface area contributed by atoms with Gasteiger partial charge in [-0.1, -0.05) is 39.0 Å². The molecule has 3 aliphatic rings. The summed E-state index contributed by atoms with van der Waals surface area (Å²) in [4.78, 5) is 19.8. The maximum atomic E-state index is 12.5. The van der Waals surface area contributed by atoms with Crippen molar-refractivity contribution < 1.29 is 4.79 Å². The van der Waals surface area contributed by atoms with Gasteiger partial charge in [-0.05, 0) is 57.7 Å². The first-order chi connectivity index (χ1) is 12.8. The highest BCUT2D eigenvalue weighted by atomic mass is 16.2. The summed E-state index contributed by atoms with van der Waals surface area (Å²) in [5.74, 6) is 1.18. The molecule has 0 unspecified atom stereocenters. The van der Waals surface area contributed by atoms with Crippen molar-refractivity contribution in [1.29, 1.82) is 0 Å². The van der Waals surface area contributed by atoms with Crippen LogP contribution in [0.25, 0.3) is 0 Å². The van der Waals surface area contributed by atoms with E-state index in [-0.39, 0.29) is 0 Å². The second-order valence-corrected chi connectivity index (χ2v) is 8.83. The lowest BCUT2D eigenvalue weighted by molar-refractivity contribution is -0.133. The Hall–Kier alpha value is -0.610. The van der Waals surface area contributed by atoms with Crippen molar-refractivity contribution in [3.8, 4) is 0 Å². The van der Waals surface area contributed by atoms with Crippen molar-refractivity contribution in [1.82, 2.24) is 14.7 Å². The van der Waals surface area contributed by atoms with E-state index in [4.69, 9.17) is 0 Å². The molecule has 1 aliphatic carbocycles. The van der Waals surface area contributed by atoms with Crippen LogP contribution in [-0.2, 0) is 4.79 Å². The number of likely N-dealkylation sites (tertiary alicyclic amines) is 1. The van der Waals surface area contributed by atoms with Gasteiger partial charge in [-0.15, -0.1) is 0 Å². The van der Waals surface area contributed by atoms with E-state index in [1.54, 1.807) is 0 Å². The van der Waals surface area contributed by atoms with Crippen molar-refractivity contribution in [2.75, 3.05) is 45.8 Å². The van der Waals surface area contributed by atoms with E-state index in [9.17, 15) is 4.79 Å². The molecule has 2 heterocycles. The molecule has 4 heteroatoms. The minimum Gasteiger partial charge on any atom is -0.340 e. The van der Waals surface area contributed by atoms with E-state index in [0.29, 0.717) is 5.91 Å². The molecule has 0 aromatic heterocycles. The first-order valence-electron chi connectivity index (χ1n) is 11.5. The summed E-state index contributed by atoms with van der Waals surface area (Å²) in [6.45, 7) is 9.86. The fourth-order valence-corrected chi connectivity index (χ4v) is 5.21. The second kappa shape index (κ2) is 10.7. The van der Waals surface area contributed by atoms with Gasteiger partial charge in [-0.25, -0.2) is 0 Å². The number of piperidine rings is 1. The molecule has 3 fully saturated rings. The average Bonchev–Trinajstić information content (AvgIpc) is 2.66. The molecular weight excluding hydrogens is 322 g/mol. The van der Waals surface area contributed by atoms with Crippen LogP contribution >= 0.6 is 0 Å². The number of carbonyl (C=O) groups is 1. The van der Waals surface area contributed by atoms with Crippen molar-refractivity contribution in [2.24, 2.45) is 5.92 Å². The van der Waals surface area contributed by atoms with Gasteiger partial charge in [-0.2, -0.15) is 0 Å².